The smallest absolute Gasteiger partial charge is 0.328 e. The summed E-state index contributed by atoms with van der Waals surface area (Å²) in [5.74, 6) is 1.56. The van der Waals surface area contributed by atoms with Crippen molar-refractivity contribution in [2.75, 3.05) is 25.3 Å². The van der Waals surface area contributed by atoms with Crippen LogP contribution in [0.5, 0.6) is 23.0 Å². The first-order valence-electron chi connectivity index (χ1n) is 9.50. The second-order valence-corrected chi connectivity index (χ2v) is 6.90. The number of nitrogens with zero attached hydrogens (tertiary/aromatic N) is 1. The number of anilines is 1. The van der Waals surface area contributed by atoms with Crippen LogP contribution in [0.2, 0.25) is 0 Å². The van der Waals surface area contributed by atoms with E-state index in [1.165, 1.54) is 0 Å². The molecule has 2 aromatic carbocycles. The molecule has 10 nitrogen and oxygen atoms in total. The molecule has 0 atom stereocenters. The van der Waals surface area contributed by atoms with Crippen LogP contribution in [0.15, 0.2) is 52.2 Å². The van der Waals surface area contributed by atoms with E-state index in [-0.39, 0.29) is 18.9 Å². The lowest BCUT2D eigenvalue weighted by Crippen LogP contribution is -2.39. The number of carbonyl (C=O) groups is 1. The van der Waals surface area contributed by atoms with Crippen molar-refractivity contribution in [1.82, 2.24) is 9.55 Å². The van der Waals surface area contributed by atoms with Crippen molar-refractivity contribution in [1.29, 1.82) is 0 Å². The lowest BCUT2D eigenvalue weighted by atomic mass is 10.2. The molecule has 3 heterocycles. The van der Waals surface area contributed by atoms with Gasteiger partial charge in [0.1, 0.15) is 18.8 Å². The Labute approximate surface area is 174 Å². The standard InChI is InChI=1S/C21H17N3O7/c25-19(23-13-2-4-15-18(8-13)29-6-5-28-15)14-9-22-21(27)24(20(14)26)10-12-1-3-16-17(7-12)31-11-30-16/h1-4,7-9H,5-6,10-11H2,(H,22,27)(H,23,25). The van der Waals surface area contributed by atoms with Gasteiger partial charge in [0.15, 0.2) is 23.0 Å². The molecule has 0 saturated carbocycles. The summed E-state index contributed by atoms with van der Waals surface area (Å²) in [5, 5.41) is 2.65. The molecule has 10 heteroatoms. The summed E-state index contributed by atoms with van der Waals surface area (Å²) in [5.41, 5.74) is -0.450. The van der Waals surface area contributed by atoms with E-state index in [1.54, 1.807) is 36.4 Å². The molecular formula is C21H17N3O7. The van der Waals surface area contributed by atoms with Crippen molar-refractivity contribution >= 4 is 11.6 Å². The monoisotopic (exact) mass is 423 g/mol. The largest absolute Gasteiger partial charge is 0.486 e. The maximum atomic E-state index is 12.9. The third-order valence-electron chi connectivity index (χ3n) is 4.88. The first-order chi connectivity index (χ1) is 15.1. The zero-order chi connectivity index (χ0) is 21.4. The molecule has 0 fully saturated rings. The van der Waals surface area contributed by atoms with Crippen molar-refractivity contribution < 1.29 is 23.7 Å². The number of benzene rings is 2. The highest BCUT2D eigenvalue weighted by molar-refractivity contribution is 6.03. The number of rotatable bonds is 4. The van der Waals surface area contributed by atoms with E-state index >= 15 is 0 Å². The third kappa shape index (κ3) is 3.59. The number of carbonyl (C=O) groups excluding carboxylic acids is 1. The molecule has 2 N–H and O–H groups in total. The molecule has 5 rings (SSSR count). The predicted molar refractivity (Wildman–Crippen MR) is 108 cm³/mol. The zero-order valence-corrected chi connectivity index (χ0v) is 16.2. The van der Waals surface area contributed by atoms with E-state index in [9.17, 15) is 14.4 Å². The Morgan fingerprint density at radius 1 is 0.935 bits per heavy atom. The van der Waals surface area contributed by atoms with Gasteiger partial charge in [0, 0.05) is 18.0 Å². The topological polar surface area (TPSA) is 121 Å². The van der Waals surface area contributed by atoms with Gasteiger partial charge in [0.05, 0.1) is 6.54 Å². The lowest BCUT2D eigenvalue weighted by molar-refractivity contribution is 0.102. The van der Waals surface area contributed by atoms with Gasteiger partial charge in [0.25, 0.3) is 11.5 Å². The highest BCUT2D eigenvalue weighted by atomic mass is 16.7. The first kappa shape index (κ1) is 18.8. The minimum Gasteiger partial charge on any atom is -0.486 e. The first-order valence-corrected chi connectivity index (χ1v) is 9.50. The number of fused-ring (bicyclic) bond motifs is 2. The van der Waals surface area contributed by atoms with Gasteiger partial charge in [-0.3, -0.25) is 14.2 Å². The Hall–Kier alpha value is -4.21. The van der Waals surface area contributed by atoms with Gasteiger partial charge in [-0.2, -0.15) is 0 Å². The molecule has 31 heavy (non-hydrogen) atoms. The molecule has 0 aliphatic carbocycles. The number of hydrogen-bond donors (Lipinski definition) is 2. The average molecular weight is 423 g/mol. The molecule has 0 saturated heterocycles. The van der Waals surface area contributed by atoms with E-state index < -0.39 is 17.2 Å². The predicted octanol–water partition coefficient (Wildman–Crippen LogP) is 1.34. The van der Waals surface area contributed by atoms with Crippen molar-refractivity contribution in [2.24, 2.45) is 0 Å². The summed E-state index contributed by atoms with van der Waals surface area (Å²) < 4.78 is 22.5. The van der Waals surface area contributed by atoms with Crippen LogP contribution < -0.4 is 35.5 Å². The quantitative estimate of drug-likeness (QED) is 0.650. The van der Waals surface area contributed by atoms with E-state index in [2.05, 4.69) is 10.3 Å². The molecule has 1 amide bonds. The molecular weight excluding hydrogens is 406 g/mol. The maximum Gasteiger partial charge on any atom is 0.328 e. The van der Waals surface area contributed by atoms with Crippen LogP contribution in [-0.2, 0) is 6.54 Å². The Balaban J connectivity index is 1.40. The molecule has 0 spiro atoms. The summed E-state index contributed by atoms with van der Waals surface area (Å²) in [7, 11) is 0. The van der Waals surface area contributed by atoms with Gasteiger partial charge in [-0.05, 0) is 29.8 Å². The summed E-state index contributed by atoms with van der Waals surface area (Å²) >= 11 is 0. The molecule has 0 bridgehead atoms. The number of hydrogen-bond acceptors (Lipinski definition) is 7. The van der Waals surface area contributed by atoms with Crippen LogP contribution in [0.3, 0.4) is 0 Å². The fraction of sp³-hybridized carbons (Fsp3) is 0.190. The SMILES string of the molecule is O=C(Nc1ccc2c(c1)OCCO2)c1c[nH]c(=O)n(Cc2ccc3c(c2)OCO3)c1=O. The van der Waals surface area contributed by atoms with Crippen LogP contribution in [-0.4, -0.2) is 35.5 Å². The van der Waals surface area contributed by atoms with Gasteiger partial charge in [0.2, 0.25) is 6.79 Å². The van der Waals surface area contributed by atoms with Gasteiger partial charge in [-0.25, -0.2) is 4.79 Å². The van der Waals surface area contributed by atoms with E-state index in [4.69, 9.17) is 18.9 Å². The number of nitrogens with one attached hydrogen (secondary N) is 2. The van der Waals surface area contributed by atoms with Crippen molar-refractivity contribution in [3.05, 3.63) is 74.6 Å². The van der Waals surface area contributed by atoms with Gasteiger partial charge in [-0.1, -0.05) is 6.07 Å². The average Bonchev–Trinajstić information content (AvgIpc) is 3.24. The summed E-state index contributed by atoms with van der Waals surface area (Å²) in [6.45, 7) is 0.957. The van der Waals surface area contributed by atoms with Crippen LogP contribution in [0.1, 0.15) is 15.9 Å². The highest BCUT2D eigenvalue weighted by Crippen LogP contribution is 2.33. The zero-order valence-electron chi connectivity index (χ0n) is 16.2. The molecule has 2 aliphatic heterocycles. The van der Waals surface area contributed by atoms with Gasteiger partial charge >= 0.3 is 5.69 Å². The number of ether oxygens (including phenoxy) is 4. The lowest BCUT2D eigenvalue weighted by Gasteiger charge is -2.19. The Morgan fingerprint density at radius 2 is 1.65 bits per heavy atom. The van der Waals surface area contributed by atoms with Gasteiger partial charge < -0.3 is 29.2 Å². The van der Waals surface area contributed by atoms with Crippen LogP contribution in [0.4, 0.5) is 5.69 Å². The third-order valence-corrected chi connectivity index (χ3v) is 4.88. The van der Waals surface area contributed by atoms with Crippen LogP contribution in [0, 0.1) is 0 Å². The molecule has 1 aromatic heterocycles. The van der Waals surface area contributed by atoms with Crippen molar-refractivity contribution in [2.45, 2.75) is 6.54 Å². The minimum atomic E-state index is -0.712. The Bertz CT molecular complexity index is 1290. The Morgan fingerprint density at radius 3 is 2.52 bits per heavy atom. The normalized spacial score (nSPS) is 13.7. The van der Waals surface area contributed by atoms with Gasteiger partial charge in [-0.15, -0.1) is 0 Å². The van der Waals surface area contributed by atoms with Crippen LogP contribution >= 0.6 is 0 Å². The summed E-state index contributed by atoms with van der Waals surface area (Å²) in [6.07, 6.45) is 1.11. The minimum absolute atomic E-state index is 0.0318. The summed E-state index contributed by atoms with van der Waals surface area (Å²) in [6, 6.07) is 10.0. The number of H-pyrrole nitrogens is 1. The van der Waals surface area contributed by atoms with Crippen molar-refractivity contribution in [3.63, 3.8) is 0 Å². The second-order valence-electron chi connectivity index (χ2n) is 6.90. The maximum absolute atomic E-state index is 12.9. The Kier molecular flexibility index (Phi) is 4.58. The molecule has 158 valence electrons. The van der Waals surface area contributed by atoms with Crippen LogP contribution in [0.25, 0.3) is 0 Å². The van der Waals surface area contributed by atoms with E-state index in [1.807, 2.05) is 0 Å². The second kappa shape index (κ2) is 7.56. The molecule has 0 radical (unpaired) electrons. The number of aromatic amines is 1. The summed E-state index contributed by atoms with van der Waals surface area (Å²) in [4.78, 5) is 40.3. The van der Waals surface area contributed by atoms with E-state index in [0.29, 0.717) is 47.5 Å². The fourth-order valence-corrected chi connectivity index (χ4v) is 3.36. The molecule has 2 aliphatic rings. The number of aromatic nitrogens is 2. The molecule has 3 aromatic rings. The van der Waals surface area contributed by atoms with Crippen molar-refractivity contribution in [3.8, 4) is 23.0 Å². The fourth-order valence-electron chi connectivity index (χ4n) is 3.36. The molecule has 0 unspecified atom stereocenters. The van der Waals surface area contributed by atoms with E-state index in [0.717, 1.165) is 10.8 Å². The number of amides is 1. The highest BCUT2D eigenvalue weighted by Gasteiger charge is 2.19.